The molecule has 0 spiro atoms. The highest BCUT2D eigenvalue weighted by molar-refractivity contribution is 7.89. The fourth-order valence-electron chi connectivity index (χ4n) is 6.32. The van der Waals surface area contributed by atoms with E-state index in [-0.39, 0.29) is 36.3 Å². The first-order valence-electron chi connectivity index (χ1n) is 16.9. The zero-order valence-electron chi connectivity index (χ0n) is 28.3. The molecule has 0 saturated carbocycles. The standard InChI is InChI=1S/C41H44N2O6S/c1-29(40(45)33-11-5-3-6-12-33)43(2)27-36-25-39(32-19-17-30(28-44)18-20-32)49-41(48-36)34-23-21-31(22-24-34)38-16-10-9-13-35(38)26-42-50(46,47)37-14-7-4-8-15-37/h3-24,29,36,39-42,44-45H,25-28H2,1-2H3/t29-,36+,39-,40-,41-/m0/s1. The van der Waals surface area contributed by atoms with Gasteiger partial charge in [0.05, 0.1) is 29.8 Å². The zero-order chi connectivity index (χ0) is 35.1. The summed E-state index contributed by atoms with van der Waals surface area (Å²) in [5, 5.41) is 20.7. The van der Waals surface area contributed by atoms with Crippen molar-refractivity contribution in [2.75, 3.05) is 13.6 Å². The van der Waals surface area contributed by atoms with E-state index < -0.39 is 22.4 Å². The Bertz CT molecular complexity index is 1920. The molecule has 1 heterocycles. The van der Waals surface area contributed by atoms with Gasteiger partial charge in [-0.1, -0.05) is 121 Å². The molecular weight excluding hydrogens is 649 g/mol. The average molecular weight is 693 g/mol. The summed E-state index contributed by atoms with van der Waals surface area (Å²) in [6.07, 6.45) is -1.10. The summed E-state index contributed by atoms with van der Waals surface area (Å²) in [5.74, 6) is 0. The Morgan fingerprint density at radius 3 is 2.10 bits per heavy atom. The van der Waals surface area contributed by atoms with Crippen LogP contribution in [0.5, 0.6) is 0 Å². The number of rotatable bonds is 13. The van der Waals surface area contributed by atoms with E-state index in [2.05, 4.69) is 9.62 Å². The van der Waals surface area contributed by atoms with Crippen molar-refractivity contribution in [3.63, 3.8) is 0 Å². The largest absolute Gasteiger partial charge is 0.392 e. The van der Waals surface area contributed by atoms with E-state index >= 15 is 0 Å². The van der Waals surface area contributed by atoms with Crippen LogP contribution in [0.25, 0.3) is 11.1 Å². The van der Waals surface area contributed by atoms with Gasteiger partial charge in [-0.3, -0.25) is 4.90 Å². The third kappa shape index (κ3) is 8.57. The number of sulfonamides is 1. The minimum Gasteiger partial charge on any atom is -0.392 e. The molecule has 5 aromatic carbocycles. The van der Waals surface area contributed by atoms with Crippen molar-refractivity contribution >= 4 is 10.0 Å². The summed E-state index contributed by atoms with van der Waals surface area (Å²) >= 11 is 0. The summed E-state index contributed by atoms with van der Waals surface area (Å²) < 4.78 is 41.7. The highest BCUT2D eigenvalue weighted by Crippen LogP contribution is 2.39. The fourth-order valence-corrected chi connectivity index (χ4v) is 7.35. The third-order valence-corrected chi connectivity index (χ3v) is 10.8. The van der Waals surface area contributed by atoms with Crippen LogP contribution in [0.15, 0.2) is 138 Å². The van der Waals surface area contributed by atoms with E-state index in [0.29, 0.717) is 13.0 Å². The summed E-state index contributed by atoms with van der Waals surface area (Å²) in [6.45, 7) is 2.72. The van der Waals surface area contributed by atoms with Crippen molar-refractivity contribution in [2.45, 2.75) is 62.0 Å². The molecule has 1 aliphatic heterocycles. The molecule has 0 aromatic heterocycles. The summed E-state index contributed by atoms with van der Waals surface area (Å²) in [7, 11) is -1.66. The predicted octanol–water partition coefficient (Wildman–Crippen LogP) is 6.92. The quantitative estimate of drug-likeness (QED) is 0.123. The molecule has 8 nitrogen and oxygen atoms in total. The Morgan fingerprint density at radius 1 is 0.800 bits per heavy atom. The van der Waals surface area contributed by atoms with Crippen LogP contribution >= 0.6 is 0 Å². The number of hydrogen-bond acceptors (Lipinski definition) is 7. The molecule has 0 unspecified atom stereocenters. The van der Waals surface area contributed by atoms with Crippen LogP contribution in [-0.2, 0) is 32.6 Å². The molecule has 5 atom stereocenters. The molecular formula is C41H44N2O6S. The number of nitrogens with zero attached hydrogens (tertiary/aromatic N) is 1. The number of ether oxygens (including phenoxy) is 2. The summed E-state index contributed by atoms with van der Waals surface area (Å²) in [6, 6.07) is 41.4. The monoisotopic (exact) mass is 692 g/mol. The summed E-state index contributed by atoms with van der Waals surface area (Å²) in [5.41, 5.74) is 6.28. The maximum absolute atomic E-state index is 12.9. The molecule has 50 heavy (non-hydrogen) atoms. The SMILES string of the molecule is C[C@@H]([C@H](O)c1ccccc1)N(C)C[C@H]1C[C@@H](c2ccc(CO)cc2)O[C@@H](c2ccc(-c3ccccc3CNS(=O)(=O)c3ccccc3)cc2)O1. The molecule has 0 bridgehead atoms. The molecule has 0 amide bonds. The number of hydrogen-bond donors (Lipinski definition) is 3. The van der Waals surface area contributed by atoms with Gasteiger partial charge >= 0.3 is 0 Å². The Labute approximate surface area is 295 Å². The zero-order valence-corrected chi connectivity index (χ0v) is 29.1. The maximum atomic E-state index is 12.9. The van der Waals surface area contributed by atoms with Gasteiger partial charge in [0.1, 0.15) is 0 Å². The number of likely N-dealkylation sites (N-methyl/N-ethyl adjacent to an activating group) is 1. The van der Waals surface area contributed by atoms with Crippen LogP contribution in [0.2, 0.25) is 0 Å². The normalized spacial score (nSPS) is 19.3. The molecule has 0 aliphatic carbocycles. The topological polar surface area (TPSA) is 108 Å². The predicted molar refractivity (Wildman–Crippen MR) is 194 cm³/mol. The van der Waals surface area contributed by atoms with E-state index in [4.69, 9.17) is 9.47 Å². The first-order valence-corrected chi connectivity index (χ1v) is 18.4. The third-order valence-electron chi connectivity index (χ3n) is 9.42. The average Bonchev–Trinajstić information content (AvgIpc) is 3.17. The van der Waals surface area contributed by atoms with Gasteiger partial charge in [-0.15, -0.1) is 0 Å². The lowest BCUT2D eigenvalue weighted by Crippen LogP contribution is -2.43. The lowest BCUT2D eigenvalue weighted by atomic mass is 9.97. The number of nitrogens with one attached hydrogen (secondary N) is 1. The molecule has 6 rings (SSSR count). The molecule has 260 valence electrons. The van der Waals surface area contributed by atoms with E-state index in [0.717, 1.165) is 38.9 Å². The van der Waals surface area contributed by atoms with Crippen molar-refractivity contribution < 1.29 is 28.1 Å². The second kappa shape index (κ2) is 16.2. The highest BCUT2D eigenvalue weighted by Gasteiger charge is 2.34. The molecule has 0 radical (unpaired) electrons. The number of aliphatic hydroxyl groups excluding tert-OH is 2. The first kappa shape index (κ1) is 35.6. The van der Waals surface area contributed by atoms with Gasteiger partial charge < -0.3 is 19.7 Å². The van der Waals surface area contributed by atoms with Gasteiger partial charge in [0.25, 0.3) is 0 Å². The van der Waals surface area contributed by atoms with Crippen LogP contribution in [0.4, 0.5) is 0 Å². The van der Waals surface area contributed by atoms with Crippen molar-refractivity contribution in [2.24, 2.45) is 0 Å². The van der Waals surface area contributed by atoms with E-state index in [9.17, 15) is 18.6 Å². The lowest BCUT2D eigenvalue weighted by molar-refractivity contribution is -0.253. The fraction of sp³-hybridized carbons (Fsp3) is 0.268. The minimum atomic E-state index is -3.66. The Morgan fingerprint density at radius 2 is 1.42 bits per heavy atom. The van der Waals surface area contributed by atoms with E-state index in [1.165, 1.54) is 0 Å². The van der Waals surface area contributed by atoms with Crippen molar-refractivity contribution in [1.29, 1.82) is 0 Å². The smallest absolute Gasteiger partial charge is 0.240 e. The van der Waals surface area contributed by atoms with Gasteiger partial charge in [0, 0.05) is 31.1 Å². The van der Waals surface area contributed by atoms with Crippen LogP contribution < -0.4 is 4.72 Å². The molecule has 9 heteroatoms. The van der Waals surface area contributed by atoms with Crippen molar-refractivity contribution in [3.8, 4) is 11.1 Å². The van der Waals surface area contributed by atoms with E-state index in [1.54, 1.807) is 30.3 Å². The second-order valence-electron chi connectivity index (χ2n) is 12.8. The number of benzene rings is 5. The molecule has 1 aliphatic rings. The maximum Gasteiger partial charge on any atom is 0.240 e. The van der Waals surface area contributed by atoms with Gasteiger partial charge in [-0.25, -0.2) is 13.1 Å². The van der Waals surface area contributed by atoms with Gasteiger partial charge in [-0.05, 0) is 59.5 Å². The lowest BCUT2D eigenvalue weighted by Gasteiger charge is -2.39. The van der Waals surface area contributed by atoms with Crippen LogP contribution in [0.1, 0.15) is 59.7 Å². The highest BCUT2D eigenvalue weighted by atomic mass is 32.2. The molecule has 1 fully saturated rings. The molecule has 3 N–H and O–H groups in total. The first-order chi connectivity index (χ1) is 24.2. The van der Waals surface area contributed by atoms with Crippen LogP contribution in [-0.4, -0.2) is 49.3 Å². The Kier molecular flexibility index (Phi) is 11.6. The van der Waals surface area contributed by atoms with Crippen LogP contribution in [0, 0.1) is 0 Å². The molecule has 5 aromatic rings. The van der Waals surface area contributed by atoms with Crippen LogP contribution in [0.3, 0.4) is 0 Å². The van der Waals surface area contributed by atoms with Gasteiger partial charge in [0.15, 0.2) is 6.29 Å². The number of aliphatic hydroxyl groups is 2. The van der Waals surface area contributed by atoms with Gasteiger partial charge in [-0.2, -0.15) is 0 Å². The van der Waals surface area contributed by atoms with Gasteiger partial charge in [0.2, 0.25) is 10.0 Å². The van der Waals surface area contributed by atoms with Crippen molar-refractivity contribution in [1.82, 2.24) is 9.62 Å². The minimum absolute atomic E-state index is 0.0268. The van der Waals surface area contributed by atoms with E-state index in [1.807, 2.05) is 117 Å². The summed E-state index contributed by atoms with van der Waals surface area (Å²) in [4.78, 5) is 2.35. The Hall–Kier alpha value is -4.19. The van der Waals surface area contributed by atoms with Crippen molar-refractivity contribution in [3.05, 3.63) is 161 Å². The molecule has 1 saturated heterocycles. The Balaban J connectivity index is 1.20. The second-order valence-corrected chi connectivity index (χ2v) is 14.6.